The van der Waals surface area contributed by atoms with Gasteiger partial charge in [0, 0.05) is 19.4 Å². The number of hydrogen-bond donors (Lipinski definition) is 1. The lowest BCUT2D eigenvalue weighted by atomic mass is 9.98. The van der Waals surface area contributed by atoms with Crippen LogP contribution in [-0.4, -0.2) is 21.4 Å². The van der Waals surface area contributed by atoms with E-state index >= 15 is 0 Å². The van der Waals surface area contributed by atoms with E-state index in [1.54, 1.807) is 6.33 Å². The Morgan fingerprint density at radius 3 is 2.23 bits per heavy atom. The quantitative estimate of drug-likeness (QED) is 0.723. The number of rotatable bonds is 5. The molecule has 4 rings (SSSR count). The van der Waals surface area contributed by atoms with Gasteiger partial charge in [0.2, 0.25) is 11.8 Å². The molecule has 1 fully saturated rings. The summed E-state index contributed by atoms with van der Waals surface area (Å²) in [5.41, 5.74) is 3.94. The van der Waals surface area contributed by atoms with Crippen molar-refractivity contribution in [1.82, 2.24) is 14.9 Å². The maximum atomic E-state index is 12.3. The predicted octanol–water partition coefficient (Wildman–Crippen LogP) is 2.65. The van der Waals surface area contributed by atoms with Gasteiger partial charge in [-0.1, -0.05) is 60.7 Å². The summed E-state index contributed by atoms with van der Waals surface area (Å²) in [6.07, 6.45) is 2.59. The fourth-order valence-electron chi connectivity index (χ4n) is 3.44. The Bertz CT molecular complexity index is 873. The number of hydrogen-bond acceptors (Lipinski definition) is 3. The van der Waals surface area contributed by atoms with Crippen molar-refractivity contribution in [3.05, 3.63) is 89.5 Å². The van der Waals surface area contributed by atoms with Gasteiger partial charge in [-0.2, -0.15) is 0 Å². The number of benzene rings is 2. The summed E-state index contributed by atoms with van der Waals surface area (Å²) in [5.74, 6) is -0.940. The molecule has 26 heavy (non-hydrogen) atoms. The van der Waals surface area contributed by atoms with Crippen molar-refractivity contribution in [1.29, 1.82) is 0 Å². The summed E-state index contributed by atoms with van der Waals surface area (Å²) < 4.78 is 2.00. The summed E-state index contributed by atoms with van der Waals surface area (Å²) in [4.78, 5) is 28.6. The first-order chi connectivity index (χ1) is 12.7. The molecule has 0 spiro atoms. The van der Waals surface area contributed by atoms with Crippen LogP contribution < -0.4 is 5.32 Å². The lowest BCUT2D eigenvalue weighted by Gasteiger charge is -2.14. The van der Waals surface area contributed by atoms with Crippen molar-refractivity contribution >= 4 is 11.8 Å². The molecule has 3 aromatic rings. The highest BCUT2D eigenvalue weighted by molar-refractivity contribution is 6.06. The van der Waals surface area contributed by atoms with Crippen LogP contribution in [0.25, 0.3) is 0 Å². The van der Waals surface area contributed by atoms with Gasteiger partial charge < -0.3 is 4.57 Å². The van der Waals surface area contributed by atoms with Crippen LogP contribution in [0.3, 0.4) is 0 Å². The van der Waals surface area contributed by atoms with E-state index in [-0.39, 0.29) is 18.2 Å². The number of aromatic nitrogens is 2. The first kappa shape index (κ1) is 16.3. The molecule has 2 heterocycles. The van der Waals surface area contributed by atoms with E-state index in [0.717, 1.165) is 22.5 Å². The van der Waals surface area contributed by atoms with Gasteiger partial charge in [-0.15, -0.1) is 0 Å². The molecule has 1 unspecified atom stereocenters. The summed E-state index contributed by atoms with van der Waals surface area (Å²) in [6, 6.07) is 20.1. The van der Waals surface area contributed by atoms with E-state index in [0.29, 0.717) is 13.0 Å². The van der Waals surface area contributed by atoms with Crippen LogP contribution in [0.5, 0.6) is 0 Å². The maximum Gasteiger partial charge on any atom is 0.236 e. The third-order valence-electron chi connectivity index (χ3n) is 4.67. The molecule has 0 bridgehead atoms. The fourth-order valence-corrected chi connectivity index (χ4v) is 3.44. The van der Waals surface area contributed by atoms with Crippen LogP contribution in [0.4, 0.5) is 0 Å². The minimum absolute atomic E-state index is 0.182. The Balaban J connectivity index is 1.72. The first-order valence-corrected chi connectivity index (χ1v) is 8.66. The molecule has 2 aromatic carbocycles. The van der Waals surface area contributed by atoms with Gasteiger partial charge in [0.1, 0.15) is 0 Å². The second-order valence-corrected chi connectivity index (χ2v) is 6.52. The zero-order valence-corrected chi connectivity index (χ0v) is 14.3. The molecule has 5 heteroatoms. The van der Waals surface area contributed by atoms with E-state index in [1.807, 2.05) is 65.2 Å². The summed E-state index contributed by atoms with van der Waals surface area (Å²) >= 11 is 0. The molecule has 2 amide bonds. The second kappa shape index (κ2) is 6.96. The van der Waals surface area contributed by atoms with E-state index in [2.05, 4.69) is 10.3 Å². The van der Waals surface area contributed by atoms with Crippen LogP contribution in [0.15, 0.2) is 67.0 Å². The minimum Gasteiger partial charge on any atom is -0.329 e. The maximum absolute atomic E-state index is 12.3. The normalized spacial score (nSPS) is 16.7. The zero-order valence-electron chi connectivity index (χ0n) is 14.3. The van der Waals surface area contributed by atoms with Gasteiger partial charge in [0.15, 0.2) is 0 Å². The van der Waals surface area contributed by atoms with Gasteiger partial charge in [0.05, 0.1) is 23.6 Å². The SMILES string of the molecule is O=C1CC(c2c(Cc3ccccc3)ncn2Cc2ccccc2)C(=O)N1. The average molecular weight is 345 g/mol. The van der Waals surface area contributed by atoms with Gasteiger partial charge in [-0.3, -0.25) is 14.9 Å². The van der Waals surface area contributed by atoms with Gasteiger partial charge in [0.25, 0.3) is 0 Å². The smallest absolute Gasteiger partial charge is 0.236 e. The van der Waals surface area contributed by atoms with E-state index in [1.165, 1.54) is 0 Å². The van der Waals surface area contributed by atoms with Gasteiger partial charge >= 0.3 is 0 Å². The number of nitrogens with zero attached hydrogens (tertiary/aromatic N) is 2. The van der Waals surface area contributed by atoms with Gasteiger partial charge in [-0.05, 0) is 11.1 Å². The summed E-state index contributed by atoms with van der Waals surface area (Å²) in [6.45, 7) is 0.621. The molecule has 0 radical (unpaired) electrons. The van der Waals surface area contributed by atoms with E-state index < -0.39 is 5.92 Å². The largest absolute Gasteiger partial charge is 0.329 e. The molecule has 1 aromatic heterocycles. The Labute approximate surface area is 151 Å². The number of amides is 2. The Hall–Kier alpha value is -3.21. The van der Waals surface area contributed by atoms with Crippen molar-refractivity contribution in [3.63, 3.8) is 0 Å². The fraction of sp³-hybridized carbons (Fsp3) is 0.190. The van der Waals surface area contributed by atoms with Crippen LogP contribution in [0.2, 0.25) is 0 Å². The molecule has 5 nitrogen and oxygen atoms in total. The molecule has 1 aliphatic rings. The summed E-state index contributed by atoms with van der Waals surface area (Å²) in [7, 11) is 0. The molecule has 1 atom stereocenters. The number of carbonyl (C=O) groups excluding carboxylic acids is 2. The standard InChI is InChI=1S/C21H19N3O2/c25-19-12-17(21(26)23-19)20-18(11-15-7-3-1-4-8-15)22-14-24(20)13-16-9-5-2-6-10-16/h1-10,14,17H,11-13H2,(H,23,25,26). The molecule has 1 saturated heterocycles. The van der Waals surface area contributed by atoms with Crippen molar-refractivity contribution in [2.45, 2.75) is 25.3 Å². The molecular formula is C21H19N3O2. The summed E-state index contributed by atoms with van der Waals surface area (Å²) in [5, 5.41) is 2.42. The second-order valence-electron chi connectivity index (χ2n) is 6.52. The predicted molar refractivity (Wildman–Crippen MR) is 97.5 cm³/mol. The van der Waals surface area contributed by atoms with Crippen molar-refractivity contribution < 1.29 is 9.59 Å². The molecule has 1 N–H and O–H groups in total. The molecule has 0 saturated carbocycles. The number of imide groups is 1. The Morgan fingerprint density at radius 1 is 0.962 bits per heavy atom. The molecule has 1 aliphatic heterocycles. The van der Waals surface area contributed by atoms with E-state index in [4.69, 9.17) is 0 Å². The molecular weight excluding hydrogens is 326 g/mol. The van der Waals surface area contributed by atoms with Crippen LogP contribution in [0.1, 0.15) is 34.9 Å². The average Bonchev–Trinajstić information content (AvgIpc) is 3.18. The lowest BCUT2D eigenvalue weighted by Crippen LogP contribution is -2.23. The van der Waals surface area contributed by atoms with Crippen LogP contribution >= 0.6 is 0 Å². The third-order valence-corrected chi connectivity index (χ3v) is 4.67. The van der Waals surface area contributed by atoms with Crippen molar-refractivity contribution in [2.75, 3.05) is 0 Å². The van der Waals surface area contributed by atoms with Crippen molar-refractivity contribution in [3.8, 4) is 0 Å². The highest BCUT2D eigenvalue weighted by Gasteiger charge is 2.36. The van der Waals surface area contributed by atoms with Crippen molar-refractivity contribution in [2.24, 2.45) is 0 Å². The first-order valence-electron chi connectivity index (χ1n) is 8.66. The number of imidazole rings is 1. The molecule has 130 valence electrons. The van der Waals surface area contributed by atoms with Crippen LogP contribution in [-0.2, 0) is 22.6 Å². The van der Waals surface area contributed by atoms with Crippen LogP contribution in [0, 0.1) is 0 Å². The Morgan fingerprint density at radius 2 is 1.62 bits per heavy atom. The third kappa shape index (κ3) is 3.28. The number of carbonyl (C=O) groups is 2. The highest BCUT2D eigenvalue weighted by Crippen LogP contribution is 2.29. The van der Waals surface area contributed by atoms with E-state index in [9.17, 15) is 9.59 Å². The Kier molecular flexibility index (Phi) is 4.35. The lowest BCUT2D eigenvalue weighted by molar-refractivity contribution is -0.125. The monoisotopic (exact) mass is 345 g/mol. The molecule has 0 aliphatic carbocycles. The minimum atomic E-state index is -0.479. The number of nitrogens with one attached hydrogen (secondary N) is 1. The van der Waals surface area contributed by atoms with Gasteiger partial charge in [-0.25, -0.2) is 4.98 Å². The highest BCUT2D eigenvalue weighted by atomic mass is 16.2. The topological polar surface area (TPSA) is 64.0 Å². The zero-order chi connectivity index (χ0) is 17.9.